The van der Waals surface area contributed by atoms with Gasteiger partial charge in [0.1, 0.15) is 19.8 Å². The molecule has 2 atom stereocenters. The molecule has 1 N–H and O–H groups in total. The quantitative estimate of drug-likeness (QED) is 0.0215. The van der Waals surface area contributed by atoms with Crippen LogP contribution in [0.25, 0.3) is 0 Å². The van der Waals surface area contributed by atoms with Crippen LogP contribution in [0, 0.1) is 0 Å². The van der Waals surface area contributed by atoms with E-state index in [1.165, 1.54) is 44.9 Å². The first kappa shape index (κ1) is 53.7. The number of carbonyl (C=O) groups excluding carboxylic acids is 2. The van der Waals surface area contributed by atoms with Crippen molar-refractivity contribution < 1.29 is 42.1 Å². The Morgan fingerprint density at radius 2 is 1.02 bits per heavy atom. The van der Waals surface area contributed by atoms with Gasteiger partial charge in [0.15, 0.2) is 6.10 Å². The van der Waals surface area contributed by atoms with E-state index >= 15 is 0 Å². The van der Waals surface area contributed by atoms with Crippen molar-refractivity contribution >= 4 is 19.8 Å². The molecule has 0 aromatic carbocycles. The molecule has 0 radical (unpaired) electrons. The third kappa shape index (κ3) is 41.3. The van der Waals surface area contributed by atoms with Crippen molar-refractivity contribution in [1.29, 1.82) is 0 Å². The fraction of sp³-hybridized carbons (Fsp3) is 0.739. The Morgan fingerprint density at radius 3 is 1.52 bits per heavy atom. The molecule has 0 aliphatic rings. The van der Waals surface area contributed by atoms with Crippen molar-refractivity contribution in [2.45, 2.75) is 174 Å². The van der Waals surface area contributed by atoms with Gasteiger partial charge in [0.05, 0.1) is 27.7 Å². The number of rotatable bonds is 39. The molecule has 0 aliphatic heterocycles. The van der Waals surface area contributed by atoms with E-state index in [1.807, 2.05) is 21.1 Å². The molecule has 0 aliphatic carbocycles. The third-order valence-electron chi connectivity index (χ3n) is 9.03. The van der Waals surface area contributed by atoms with Crippen LogP contribution in [0.1, 0.15) is 168 Å². The number of quaternary nitrogens is 1. The predicted octanol–water partition coefficient (Wildman–Crippen LogP) is 12.5. The molecule has 0 spiro atoms. The lowest BCUT2D eigenvalue weighted by Crippen LogP contribution is -2.37. The number of phosphoric acid groups is 1. The standard InChI is InChI=1S/C46H82NO8P/c1-6-8-10-12-14-16-18-20-22-23-25-27-29-31-33-35-37-39-46(49)55-44(43-54-56(50,51)53-41-40-47(3,4)5)42-52-45(48)38-36-34-32-30-28-26-24-21-19-17-15-13-11-9-7-2/h8,10,14-17,20-22,24,44H,6-7,9,11-13,18-19,23,25-43H2,1-5H3/p+1/b10-8-,16-14-,17-15-,22-20-,24-21-. The molecular formula is C46H83NO8P+. The highest BCUT2D eigenvalue weighted by Gasteiger charge is 2.27. The van der Waals surface area contributed by atoms with Gasteiger partial charge in [0.2, 0.25) is 0 Å². The maximum absolute atomic E-state index is 12.7. The van der Waals surface area contributed by atoms with Gasteiger partial charge in [-0.3, -0.25) is 18.6 Å². The van der Waals surface area contributed by atoms with Gasteiger partial charge in [-0.25, -0.2) is 4.57 Å². The Kier molecular flexibility index (Phi) is 36.7. The van der Waals surface area contributed by atoms with Gasteiger partial charge >= 0.3 is 19.8 Å². The van der Waals surface area contributed by atoms with Gasteiger partial charge in [-0.05, 0) is 77.0 Å². The molecule has 0 bridgehead atoms. The molecule has 56 heavy (non-hydrogen) atoms. The number of hydrogen-bond acceptors (Lipinski definition) is 7. The number of likely N-dealkylation sites (N-methyl/N-ethyl adjacent to an activating group) is 1. The summed E-state index contributed by atoms with van der Waals surface area (Å²) in [6, 6.07) is 0. The van der Waals surface area contributed by atoms with Crippen LogP contribution in [0.3, 0.4) is 0 Å². The fourth-order valence-electron chi connectivity index (χ4n) is 5.59. The molecule has 0 saturated heterocycles. The Balaban J connectivity index is 4.41. The van der Waals surface area contributed by atoms with E-state index in [-0.39, 0.29) is 32.0 Å². The molecule has 0 saturated carbocycles. The summed E-state index contributed by atoms with van der Waals surface area (Å²) in [6.45, 7) is 4.24. The summed E-state index contributed by atoms with van der Waals surface area (Å²) in [6.07, 6.45) is 45.5. The molecule has 10 heteroatoms. The van der Waals surface area contributed by atoms with Gasteiger partial charge in [0, 0.05) is 12.8 Å². The van der Waals surface area contributed by atoms with Crippen LogP contribution < -0.4 is 0 Å². The van der Waals surface area contributed by atoms with E-state index in [9.17, 15) is 19.0 Å². The lowest BCUT2D eigenvalue weighted by atomic mass is 10.1. The van der Waals surface area contributed by atoms with E-state index in [1.54, 1.807) is 0 Å². The minimum atomic E-state index is -4.38. The SMILES string of the molecule is CC/C=C\C/C=C\C/C=C\CCCCCCCCCC(=O)OC(COC(=O)CCCCCCC/C=C\C/C=C\CCCCC)COP(=O)(O)OCC[N+](C)(C)C. The summed E-state index contributed by atoms with van der Waals surface area (Å²) in [7, 11) is 1.45. The van der Waals surface area contributed by atoms with Crippen molar-refractivity contribution in [1.82, 2.24) is 0 Å². The largest absolute Gasteiger partial charge is 0.472 e. The van der Waals surface area contributed by atoms with Crippen LogP contribution in [0.2, 0.25) is 0 Å². The van der Waals surface area contributed by atoms with Crippen LogP contribution in [-0.2, 0) is 32.7 Å². The number of carbonyl (C=O) groups is 2. The predicted molar refractivity (Wildman–Crippen MR) is 233 cm³/mol. The van der Waals surface area contributed by atoms with Crippen LogP contribution >= 0.6 is 7.82 Å². The normalized spacial score (nSPS) is 14.2. The van der Waals surface area contributed by atoms with E-state index in [4.69, 9.17) is 18.5 Å². The topological polar surface area (TPSA) is 108 Å². The van der Waals surface area contributed by atoms with Gasteiger partial charge in [-0.1, -0.05) is 139 Å². The zero-order valence-electron chi connectivity index (χ0n) is 36.3. The van der Waals surface area contributed by atoms with Gasteiger partial charge < -0.3 is 18.9 Å². The molecular weight excluding hydrogens is 725 g/mol. The molecule has 0 aromatic heterocycles. The van der Waals surface area contributed by atoms with E-state index < -0.39 is 26.5 Å². The van der Waals surface area contributed by atoms with Gasteiger partial charge in [0.25, 0.3) is 0 Å². The number of allylic oxidation sites excluding steroid dienone is 10. The smallest absolute Gasteiger partial charge is 0.462 e. The maximum atomic E-state index is 12.7. The number of esters is 2. The first-order chi connectivity index (χ1) is 27.0. The molecule has 9 nitrogen and oxygen atoms in total. The highest BCUT2D eigenvalue weighted by Crippen LogP contribution is 2.43. The lowest BCUT2D eigenvalue weighted by molar-refractivity contribution is -0.870. The number of phosphoric ester groups is 1. The second kappa shape index (κ2) is 38.2. The molecule has 0 fully saturated rings. The first-order valence-corrected chi connectivity index (χ1v) is 23.5. The number of ether oxygens (including phenoxy) is 2. The highest BCUT2D eigenvalue weighted by molar-refractivity contribution is 7.47. The van der Waals surface area contributed by atoms with Gasteiger partial charge in [-0.2, -0.15) is 0 Å². The van der Waals surface area contributed by atoms with Crippen molar-refractivity contribution in [3.63, 3.8) is 0 Å². The molecule has 0 heterocycles. The minimum absolute atomic E-state index is 0.0246. The lowest BCUT2D eigenvalue weighted by Gasteiger charge is -2.24. The fourth-order valence-corrected chi connectivity index (χ4v) is 6.33. The number of nitrogens with zero attached hydrogens (tertiary/aromatic N) is 1. The molecule has 0 amide bonds. The molecule has 0 aromatic rings. The number of unbranched alkanes of at least 4 members (excludes halogenated alkanes) is 15. The van der Waals surface area contributed by atoms with Crippen LogP contribution in [0.5, 0.6) is 0 Å². The van der Waals surface area contributed by atoms with Crippen molar-refractivity contribution in [2.24, 2.45) is 0 Å². The zero-order chi connectivity index (χ0) is 41.4. The molecule has 2 unspecified atom stereocenters. The Morgan fingerprint density at radius 1 is 0.571 bits per heavy atom. The summed E-state index contributed by atoms with van der Waals surface area (Å²) in [5.74, 6) is -0.830. The zero-order valence-corrected chi connectivity index (χ0v) is 37.2. The summed E-state index contributed by atoms with van der Waals surface area (Å²) >= 11 is 0. The number of hydrogen-bond donors (Lipinski definition) is 1. The molecule has 324 valence electrons. The van der Waals surface area contributed by atoms with Crippen molar-refractivity contribution in [3.05, 3.63) is 60.8 Å². The highest BCUT2D eigenvalue weighted by atomic mass is 31.2. The van der Waals surface area contributed by atoms with Crippen LogP contribution in [0.15, 0.2) is 60.8 Å². The maximum Gasteiger partial charge on any atom is 0.472 e. The summed E-state index contributed by atoms with van der Waals surface area (Å²) in [5.41, 5.74) is 0. The Labute approximate surface area is 343 Å². The molecule has 0 rings (SSSR count). The van der Waals surface area contributed by atoms with Crippen LogP contribution in [-0.4, -0.2) is 74.9 Å². The minimum Gasteiger partial charge on any atom is -0.462 e. The van der Waals surface area contributed by atoms with E-state index in [2.05, 4.69) is 74.6 Å². The van der Waals surface area contributed by atoms with E-state index in [0.717, 1.165) is 89.9 Å². The third-order valence-corrected chi connectivity index (χ3v) is 10.0. The summed E-state index contributed by atoms with van der Waals surface area (Å²) < 4.78 is 34.3. The summed E-state index contributed by atoms with van der Waals surface area (Å²) in [4.78, 5) is 35.4. The second-order valence-electron chi connectivity index (χ2n) is 15.7. The summed E-state index contributed by atoms with van der Waals surface area (Å²) in [5, 5.41) is 0. The van der Waals surface area contributed by atoms with Crippen LogP contribution in [0.4, 0.5) is 0 Å². The Bertz CT molecular complexity index is 1140. The van der Waals surface area contributed by atoms with Crippen molar-refractivity contribution in [2.75, 3.05) is 47.5 Å². The van der Waals surface area contributed by atoms with Gasteiger partial charge in [-0.15, -0.1) is 0 Å². The van der Waals surface area contributed by atoms with E-state index in [0.29, 0.717) is 17.4 Å². The monoisotopic (exact) mass is 809 g/mol. The first-order valence-electron chi connectivity index (χ1n) is 22.0. The Hall–Kier alpha value is -2.29. The van der Waals surface area contributed by atoms with Crippen molar-refractivity contribution in [3.8, 4) is 0 Å². The average molecular weight is 809 g/mol. The average Bonchev–Trinajstić information content (AvgIpc) is 3.15. The second-order valence-corrected chi connectivity index (χ2v) is 17.1.